The van der Waals surface area contributed by atoms with E-state index in [4.69, 9.17) is 24.1 Å². The summed E-state index contributed by atoms with van der Waals surface area (Å²) in [5.41, 5.74) is 0.527. The van der Waals surface area contributed by atoms with Crippen LogP contribution >= 0.6 is 0 Å². The summed E-state index contributed by atoms with van der Waals surface area (Å²) in [6, 6.07) is 2.99. The molecule has 0 heterocycles. The summed E-state index contributed by atoms with van der Waals surface area (Å²) in [5.74, 6) is -1.08. The molecule has 2 aromatic carbocycles. The molecule has 0 aliphatic heterocycles. The molecule has 0 aliphatic rings. The number of aliphatic carboxylic acids is 1. The number of methoxy groups -OCH3 is 4. The number of anilines is 1. The maximum Gasteiger partial charge on any atom is 0.401 e. The van der Waals surface area contributed by atoms with Crippen molar-refractivity contribution in [3.8, 4) is 23.0 Å². The summed E-state index contributed by atoms with van der Waals surface area (Å²) in [5, 5.41) is 9.62. The Morgan fingerprint density at radius 3 is 2.09 bits per heavy atom. The number of halogens is 2. The Labute approximate surface area is 201 Å². The van der Waals surface area contributed by atoms with Crippen LogP contribution in [0.1, 0.15) is 11.1 Å². The third kappa shape index (κ3) is 6.73. The van der Waals surface area contributed by atoms with Crippen LogP contribution in [0.15, 0.2) is 35.7 Å². The van der Waals surface area contributed by atoms with Crippen molar-refractivity contribution in [1.82, 2.24) is 4.90 Å². The van der Waals surface area contributed by atoms with Gasteiger partial charge in [0.15, 0.2) is 0 Å². The maximum absolute atomic E-state index is 13.8. The summed E-state index contributed by atoms with van der Waals surface area (Å²) in [4.78, 5) is 11.1. The lowest BCUT2D eigenvalue weighted by Gasteiger charge is -2.24. The molecule has 10 nitrogen and oxygen atoms in total. The number of nitrogens with zero attached hydrogens (tertiary/aromatic N) is 1. The van der Waals surface area contributed by atoms with Crippen molar-refractivity contribution in [2.45, 2.75) is 12.6 Å². The maximum atomic E-state index is 13.8. The Balaban J connectivity index is 2.34. The number of ether oxygens (including phenoxy) is 4. The Bertz CT molecular complexity index is 1180. The van der Waals surface area contributed by atoms with Crippen LogP contribution in [0, 0.1) is 0 Å². The normalized spacial score (nSPS) is 12.0. The van der Waals surface area contributed by atoms with Gasteiger partial charge in [-0.2, -0.15) is 8.78 Å². The van der Waals surface area contributed by atoms with Gasteiger partial charge in [-0.05, 0) is 31.3 Å². The highest BCUT2D eigenvalue weighted by molar-refractivity contribution is 7.95. The fourth-order valence-electron chi connectivity index (χ4n) is 3.04. The van der Waals surface area contributed by atoms with E-state index >= 15 is 0 Å². The molecule has 0 spiro atoms. The number of hydrogen-bond donors (Lipinski definition) is 2. The van der Waals surface area contributed by atoms with Gasteiger partial charge in [-0.1, -0.05) is 0 Å². The predicted octanol–water partition coefficient (Wildman–Crippen LogP) is 3.24. The summed E-state index contributed by atoms with van der Waals surface area (Å²) in [6.45, 7) is -0.534. The molecule has 35 heavy (non-hydrogen) atoms. The van der Waals surface area contributed by atoms with Crippen molar-refractivity contribution in [2.75, 3.05) is 40.2 Å². The van der Waals surface area contributed by atoms with Gasteiger partial charge in [-0.15, -0.1) is 0 Å². The first-order valence-electron chi connectivity index (χ1n) is 9.88. The minimum Gasteiger partial charge on any atom is -0.496 e. The molecule has 2 rings (SSSR count). The van der Waals surface area contributed by atoms with Gasteiger partial charge >= 0.3 is 12.0 Å². The highest BCUT2D eigenvalue weighted by Gasteiger charge is 2.43. The minimum atomic E-state index is -4.14. The SMILES string of the molecule is COc1cc(OC)c(/C=C/S(=O)(=O)Nc2ccc(OC)c(CN(C)C(F)(F)C(=O)O)c2)c(OC)c1. The van der Waals surface area contributed by atoms with Crippen LogP contribution in [0.2, 0.25) is 0 Å². The van der Waals surface area contributed by atoms with Crippen molar-refractivity contribution in [3.05, 3.63) is 46.9 Å². The van der Waals surface area contributed by atoms with E-state index in [-0.39, 0.29) is 17.0 Å². The number of hydrogen-bond acceptors (Lipinski definition) is 8. The second-order valence-corrected chi connectivity index (χ2v) is 8.69. The number of alkyl halides is 2. The molecular formula is C22H26F2N2O8S. The topological polar surface area (TPSA) is 124 Å². The van der Waals surface area contributed by atoms with Crippen LogP contribution in [0.3, 0.4) is 0 Å². The van der Waals surface area contributed by atoms with Gasteiger partial charge in [0.2, 0.25) is 0 Å². The lowest BCUT2D eigenvalue weighted by Crippen LogP contribution is -2.44. The number of benzene rings is 2. The second-order valence-electron chi connectivity index (χ2n) is 7.12. The van der Waals surface area contributed by atoms with E-state index in [0.717, 1.165) is 12.5 Å². The molecular weight excluding hydrogens is 490 g/mol. The van der Waals surface area contributed by atoms with Gasteiger partial charge in [0.1, 0.15) is 23.0 Å². The summed E-state index contributed by atoms with van der Waals surface area (Å²) in [6.07, 6.45) is 1.27. The van der Waals surface area contributed by atoms with E-state index in [1.165, 1.54) is 52.7 Å². The zero-order valence-corrected chi connectivity index (χ0v) is 20.5. The number of carboxylic acid groups (broad SMARTS) is 1. The number of carbonyl (C=O) groups is 1. The molecule has 0 fully saturated rings. The predicted molar refractivity (Wildman–Crippen MR) is 125 cm³/mol. The van der Waals surface area contributed by atoms with Gasteiger partial charge in [0.05, 0.1) is 39.4 Å². The number of carboxylic acids is 1. The lowest BCUT2D eigenvalue weighted by atomic mass is 10.1. The molecule has 2 N–H and O–H groups in total. The largest absolute Gasteiger partial charge is 0.496 e. The molecule has 0 saturated carbocycles. The average molecular weight is 517 g/mol. The van der Waals surface area contributed by atoms with Crippen molar-refractivity contribution in [2.24, 2.45) is 0 Å². The lowest BCUT2D eigenvalue weighted by molar-refractivity contribution is -0.194. The smallest absolute Gasteiger partial charge is 0.401 e. The average Bonchev–Trinajstić information content (AvgIpc) is 2.81. The summed E-state index contributed by atoms with van der Waals surface area (Å²) < 4.78 is 76.2. The molecule has 0 unspecified atom stereocenters. The van der Waals surface area contributed by atoms with E-state index < -0.39 is 28.6 Å². The van der Waals surface area contributed by atoms with E-state index in [9.17, 15) is 22.0 Å². The van der Waals surface area contributed by atoms with Crippen molar-refractivity contribution in [3.63, 3.8) is 0 Å². The fraction of sp³-hybridized carbons (Fsp3) is 0.318. The van der Waals surface area contributed by atoms with Gasteiger partial charge in [-0.25, -0.2) is 18.1 Å². The molecule has 192 valence electrons. The van der Waals surface area contributed by atoms with Gasteiger partial charge < -0.3 is 24.1 Å². The third-order valence-corrected chi connectivity index (χ3v) is 5.87. The van der Waals surface area contributed by atoms with Crippen LogP contribution in [0.25, 0.3) is 6.08 Å². The molecule has 13 heteroatoms. The molecule has 0 bridgehead atoms. The zero-order chi connectivity index (χ0) is 26.4. The monoisotopic (exact) mass is 516 g/mol. The van der Waals surface area contributed by atoms with Gasteiger partial charge in [0, 0.05) is 29.9 Å². The van der Waals surface area contributed by atoms with Crippen molar-refractivity contribution in [1.29, 1.82) is 0 Å². The fourth-order valence-corrected chi connectivity index (χ4v) is 3.88. The summed E-state index contributed by atoms with van der Waals surface area (Å²) in [7, 11) is 2.42. The van der Waals surface area contributed by atoms with Crippen LogP contribution in [0.5, 0.6) is 23.0 Å². The van der Waals surface area contributed by atoms with E-state index in [1.807, 2.05) is 0 Å². The van der Waals surface area contributed by atoms with E-state index in [2.05, 4.69) is 4.72 Å². The highest BCUT2D eigenvalue weighted by atomic mass is 32.2. The summed E-state index contributed by atoms with van der Waals surface area (Å²) >= 11 is 0. The van der Waals surface area contributed by atoms with Crippen molar-refractivity contribution >= 4 is 27.8 Å². The minimum absolute atomic E-state index is 0.0474. The van der Waals surface area contributed by atoms with Crippen LogP contribution in [0.4, 0.5) is 14.5 Å². The number of sulfonamides is 1. The highest BCUT2D eigenvalue weighted by Crippen LogP contribution is 2.35. The van der Waals surface area contributed by atoms with Gasteiger partial charge in [0.25, 0.3) is 10.0 Å². The molecule has 0 amide bonds. The molecule has 0 atom stereocenters. The van der Waals surface area contributed by atoms with Crippen LogP contribution in [-0.4, -0.2) is 65.9 Å². The number of rotatable bonds is 12. The van der Waals surface area contributed by atoms with Gasteiger partial charge in [-0.3, -0.25) is 4.72 Å². The first-order chi connectivity index (χ1) is 16.4. The third-order valence-electron chi connectivity index (χ3n) is 4.85. The Morgan fingerprint density at radius 2 is 1.60 bits per heavy atom. The number of nitrogens with one attached hydrogen (secondary N) is 1. The molecule has 0 radical (unpaired) electrons. The van der Waals surface area contributed by atoms with Crippen molar-refractivity contribution < 1.29 is 46.0 Å². The first-order valence-corrected chi connectivity index (χ1v) is 11.4. The molecule has 0 aliphatic carbocycles. The second kappa shape index (κ2) is 11.2. The number of likely N-dealkylation sites (N-methyl/N-ethyl adjacent to an activating group) is 1. The van der Waals surface area contributed by atoms with E-state index in [1.54, 1.807) is 12.1 Å². The Kier molecular flexibility index (Phi) is 8.88. The molecule has 2 aromatic rings. The molecule has 0 saturated heterocycles. The molecule has 0 aromatic heterocycles. The van der Waals surface area contributed by atoms with E-state index in [0.29, 0.717) is 27.7 Å². The quantitative estimate of drug-likeness (QED) is 0.409. The van der Waals surface area contributed by atoms with Crippen LogP contribution in [-0.2, 0) is 21.4 Å². The Morgan fingerprint density at radius 1 is 1.03 bits per heavy atom. The Hall–Kier alpha value is -3.58. The zero-order valence-electron chi connectivity index (χ0n) is 19.7. The van der Waals surface area contributed by atoms with Crippen LogP contribution < -0.4 is 23.7 Å². The first kappa shape index (κ1) is 27.7. The standard InChI is InChI=1S/C22H26F2N2O8S/c1-26(22(23,24)21(27)28)13-14-10-15(6-7-18(14)32-3)25-35(29,30)9-8-17-19(33-4)11-16(31-2)12-20(17)34-5/h6-12,25H,13H2,1-5H3,(H,27,28)/b9-8+.